The van der Waals surface area contributed by atoms with Gasteiger partial charge in [0.2, 0.25) is 5.91 Å². The number of hydrogen-bond acceptors (Lipinski definition) is 7. The van der Waals surface area contributed by atoms with Gasteiger partial charge in [0.15, 0.2) is 5.13 Å². The van der Waals surface area contributed by atoms with E-state index in [-0.39, 0.29) is 18.6 Å². The molecule has 0 aliphatic carbocycles. The number of aromatic nitrogens is 1. The molecule has 0 spiro atoms. The molecule has 0 saturated carbocycles. The lowest BCUT2D eigenvalue weighted by Gasteiger charge is -2.29. The number of carbonyl (C=O) groups is 2. The van der Waals surface area contributed by atoms with E-state index in [0.717, 1.165) is 22.2 Å². The summed E-state index contributed by atoms with van der Waals surface area (Å²) in [6, 6.07) is 4.91. The molecule has 180 valence electrons. The van der Waals surface area contributed by atoms with Gasteiger partial charge in [0, 0.05) is 27.2 Å². The zero-order chi connectivity index (χ0) is 23.9. The fourth-order valence-corrected chi connectivity index (χ4v) is 7.48. The van der Waals surface area contributed by atoms with Crippen LogP contribution in [0.15, 0.2) is 18.2 Å². The van der Waals surface area contributed by atoms with Gasteiger partial charge in [0.1, 0.15) is 6.61 Å². The van der Waals surface area contributed by atoms with Crippen molar-refractivity contribution in [2.45, 2.75) is 45.4 Å². The van der Waals surface area contributed by atoms with Gasteiger partial charge < -0.3 is 10.1 Å². The van der Waals surface area contributed by atoms with E-state index in [1.807, 2.05) is 25.1 Å². The molecule has 0 radical (unpaired) electrons. The van der Waals surface area contributed by atoms with Crippen LogP contribution in [0.1, 0.15) is 32.3 Å². The van der Waals surface area contributed by atoms with Crippen LogP contribution in [0.2, 0.25) is 0 Å². The van der Waals surface area contributed by atoms with Crippen molar-refractivity contribution in [3.05, 3.63) is 23.8 Å². The van der Waals surface area contributed by atoms with Crippen molar-refractivity contribution in [3.63, 3.8) is 0 Å². The van der Waals surface area contributed by atoms with Crippen LogP contribution in [-0.4, -0.2) is 73.3 Å². The fourth-order valence-electron chi connectivity index (χ4n) is 4.65. The molecular weight excluding hydrogens is 466 g/mol. The van der Waals surface area contributed by atoms with Crippen LogP contribution in [0, 0.1) is 5.92 Å². The van der Waals surface area contributed by atoms with Crippen LogP contribution < -0.4 is 10.2 Å². The highest BCUT2D eigenvalue weighted by atomic mass is 32.2. The molecular formula is C21H29N5O5S2. The van der Waals surface area contributed by atoms with Gasteiger partial charge in [-0.2, -0.15) is 17.0 Å². The number of anilines is 1. The second-order valence-corrected chi connectivity index (χ2v) is 11.4. The van der Waals surface area contributed by atoms with Gasteiger partial charge in [-0.1, -0.05) is 31.3 Å². The van der Waals surface area contributed by atoms with E-state index in [1.165, 1.54) is 27.0 Å². The Balaban J connectivity index is 1.60. The summed E-state index contributed by atoms with van der Waals surface area (Å²) in [6.07, 6.45) is 0.786. The molecule has 2 aliphatic heterocycles. The smallest absolute Gasteiger partial charge is 0.407 e. The molecule has 1 N–H and O–H groups in total. The number of carbonyl (C=O) groups excluding carboxylic acids is 2. The van der Waals surface area contributed by atoms with Crippen LogP contribution in [-0.2, 0) is 26.3 Å². The zero-order valence-corrected chi connectivity index (χ0v) is 20.8. The number of fused-ring (bicyclic) bond motifs is 2. The van der Waals surface area contributed by atoms with E-state index >= 15 is 0 Å². The molecule has 2 amide bonds. The molecule has 1 aromatic heterocycles. The summed E-state index contributed by atoms with van der Waals surface area (Å²) in [6.45, 7) is 4.68. The number of hydrogen-bond donors (Lipinski definition) is 1. The second-order valence-electron chi connectivity index (χ2n) is 8.41. The van der Waals surface area contributed by atoms with Gasteiger partial charge in [-0.3, -0.25) is 9.69 Å². The molecule has 2 fully saturated rings. The van der Waals surface area contributed by atoms with E-state index in [9.17, 15) is 18.0 Å². The van der Waals surface area contributed by atoms with Crippen LogP contribution in [0.25, 0.3) is 10.2 Å². The van der Waals surface area contributed by atoms with Crippen LogP contribution in [0.3, 0.4) is 0 Å². The SMILES string of the molecule is CCCN(C)S(=O)(=O)N1CC[C@H]2[C@H]1[C@H](C)C(=O)N2c1nc2ccc(COC(=O)NC)cc2s1. The average molecular weight is 496 g/mol. The molecule has 0 unspecified atom stereocenters. The summed E-state index contributed by atoms with van der Waals surface area (Å²) in [5, 5.41) is 2.98. The highest BCUT2D eigenvalue weighted by molar-refractivity contribution is 7.86. The van der Waals surface area contributed by atoms with Gasteiger partial charge in [-0.15, -0.1) is 0 Å². The number of amides is 2. The molecule has 10 nitrogen and oxygen atoms in total. The minimum Gasteiger partial charge on any atom is -0.445 e. The fraction of sp³-hybridized carbons (Fsp3) is 0.571. The van der Waals surface area contributed by atoms with Gasteiger partial charge in [0.25, 0.3) is 10.2 Å². The van der Waals surface area contributed by atoms with Crippen molar-refractivity contribution >= 4 is 48.9 Å². The first-order valence-corrected chi connectivity index (χ1v) is 13.2. The Kier molecular flexibility index (Phi) is 6.63. The predicted octanol–water partition coefficient (Wildman–Crippen LogP) is 2.16. The Morgan fingerprint density at radius 2 is 2.15 bits per heavy atom. The number of thiazole rings is 1. The van der Waals surface area contributed by atoms with E-state index in [2.05, 4.69) is 10.3 Å². The predicted molar refractivity (Wildman–Crippen MR) is 126 cm³/mol. The first-order chi connectivity index (χ1) is 15.7. The first kappa shape index (κ1) is 23.9. The average Bonchev–Trinajstić information content (AvgIpc) is 3.46. The van der Waals surface area contributed by atoms with E-state index in [1.54, 1.807) is 18.9 Å². The molecule has 2 saturated heterocycles. The topological polar surface area (TPSA) is 112 Å². The standard InChI is InChI=1S/C21H29N5O5S2/c1-5-9-24(4)33(29,30)25-10-8-16-18(25)13(2)19(27)26(16)20-23-15-7-6-14(11-17(15)32-20)12-31-21(28)22-3/h6-7,11,13,16,18H,5,8-10,12H2,1-4H3,(H,22,28)/t13-,16-,18+/m0/s1. The van der Waals surface area contributed by atoms with E-state index < -0.39 is 28.3 Å². The highest BCUT2D eigenvalue weighted by Gasteiger charge is 2.56. The molecule has 2 aliphatic rings. The third kappa shape index (κ3) is 4.20. The lowest BCUT2D eigenvalue weighted by molar-refractivity contribution is -0.120. The third-order valence-electron chi connectivity index (χ3n) is 6.29. The van der Waals surface area contributed by atoms with Crippen molar-refractivity contribution in [1.29, 1.82) is 0 Å². The summed E-state index contributed by atoms with van der Waals surface area (Å²) in [5.74, 6) is -0.559. The highest BCUT2D eigenvalue weighted by Crippen LogP contribution is 2.43. The second kappa shape index (κ2) is 9.16. The number of nitrogens with one attached hydrogen (secondary N) is 1. The van der Waals surface area contributed by atoms with Crippen molar-refractivity contribution < 1.29 is 22.7 Å². The van der Waals surface area contributed by atoms with Crippen LogP contribution in [0.5, 0.6) is 0 Å². The zero-order valence-electron chi connectivity index (χ0n) is 19.1. The van der Waals surface area contributed by atoms with Crippen molar-refractivity contribution in [3.8, 4) is 0 Å². The maximum absolute atomic E-state index is 13.2. The number of rotatable bonds is 7. The Hall–Kier alpha value is -2.28. The van der Waals surface area contributed by atoms with E-state index in [4.69, 9.17) is 4.74 Å². The normalized spacial score (nSPS) is 23.5. The van der Waals surface area contributed by atoms with Crippen LogP contribution >= 0.6 is 11.3 Å². The van der Waals surface area contributed by atoms with E-state index in [0.29, 0.717) is 24.6 Å². The lowest BCUT2D eigenvalue weighted by Crippen LogP contribution is -2.48. The molecule has 33 heavy (non-hydrogen) atoms. The van der Waals surface area contributed by atoms with Crippen molar-refractivity contribution in [2.24, 2.45) is 5.92 Å². The first-order valence-electron chi connectivity index (χ1n) is 11.0. The number of alkyl carbamates (subject to hydrolysis) is 1. The van der Waals surface area contributed by atoms with Gasteiger partial charge in [0.05, 0.1) is 28.2 Å². The summed E-state index contributed by atoms with van der Waals surface area (Å²) >= 11 is 1.39. The quantitative estimate of drug-likeness (QED) is 0.630. The monoisotopic (exact) mass is 495 g/mol. The minimum absolute atomic E-state index is 0.106. The largest absolute Gasteiger partial charge is 0.445 e. The number of benzene rings is 1. The maximum atomic E-state index is 13.2. The Bertz CT molecular complexity index is 1170. The summed E-state index contributed by atoms with van der Waals surface area (Å²) in [5.41, 5.74) is 1.56. The molecule has 12 heteroatoms. The van der Waals surface area contributed by atoms with Gasteiger partial charge >= 0.3 is 6.09 Å². The molecule has 2 aromatic rings. The number of ether oxygens (including phenoxy) is 1. The van der Waals surface area contributed by atoms with Crippen molar-refractivity contribution in [1.82, 2.24) is 18.9 Å². The number of nitrogens with zero attached hydrogens (tertiary/aromatic N) is 4. The van der Waals surface area contributed by atoms with Crippen LogP contribution in [0.4, 0.5) is 9.93 Å². The molecule has 4 rings (SSSR count). The Morgan fingerprint density at radius 1 is 1.39 bits per heavy atom. The third-order valence-corrected chi connectivity index (χ3v) is 9.30. The summed E-state index contributed by atoms with van der Waals surface area (Å²) in [4.78, 5) is 30.9. The minimum atomic E-state index is -3.64. The molecule has 3 atom stereocenters. The molecule has 1 aromatic carbocycles. The Labute approximate surface area is 197 Å². The molecule has 0 bridgehead atoms. The molecule has 3 heterocycles. The summed E-state index contributed by atoms with van der Waals surface area (Å²) in [7, 11) is -0.551. The van der Waals surface area contributed by atoms with Gasteiger partial charge in [-0.25, -0.2) is 9.78 Å². The van der Waals surface area contributed by atoms with Gasteiger partial charge in [-0.05, 0) is 30.5 Å². The Morgan fingerprint density at radius 3 is 2.85 bits per heavy atom. The van der Waals surface area contributed by atoms with Crippen molar-refractivity contribution in [2.75, 3.05) is 32.1 Å². The maximum Gasteiger partial charge on any atom is 0.407 e. The summed E-state index contributed by atoms with van der Waals surface area (Å²) < 4.78 is 35.1. The lowest BCUT2D eigenvalue weighted by atomic mass is 10.0.